The Morgan fingerprint density at radius 1 is 1.36 bits per heavy atom. The summed E-state index contributed by atoms with van der Waals surface area (Å²) < 4.78 is 0. The lowest BCUT2D eigenvalue weighted by molar-refractivity contribution is 0.217. The van der Waals surface area contributed by atoms with E-state index in [0.29, 0.717) is 6.54 Å². The molecule has 0 rings (SSSR count). The molecule has 0 aromatic carbocycles. The van der Waals surface area contributed by atoms with Gasteiger partial charge >= 0.3 is 6.03 Å². The van der Waals surface area contributed by atoms with Crippen molar-refractivity contribution in [3.8, 4) is 0 Å². The zero-order valence-corrected chi connectivity index (χ0v) is 9.39. The van der Waals surface area contributed by atoms with Gasteiger partial charge in [0, 0.05) is 33.7 Å². The molecule has 2 N–H and O–H groups in total. The molecule has 0 aliphatic rings. The molecule has 0 heterocycles. The lowest BCUT2D eigenvalue weighted by Crippen LogP contribution is -2.38. The number of urea groups is 1. The molecule has 4 nitrogen and oxygen atoms in total. The number of nitrogens with zero attached hydrogens (tertiary/aromatic N) is 1. The Labute approximate surface area is 86.4 Å². The van der Waals surface area contributed by atoms with Gasteiger partial charge in [-0.25, -0.2) is 4.79 Å². The van der Waals surface area contributed by atoms with E-state index in [4.69, 9.17) is 0 Å². The second-order valence-corrected chi connectivity index (χ2v) is 3.41. The minimum absolute atomic E-state index is 0.0545. The normalized spacial score (nSPS) is 9.64. The first-order chi connectivity index (χ1) is 6.57. The van der Waals surface area contributed by atoms with E-state index >= 15 is 0 Å². The lowest BCUT2D eigenvalue weighted by atomic mass is 10.2. The fourth-order valence-corrected chi connectivity index (χ4v) is 0.806. The Balaban J connectivity index is 3.30. The van der Waals surface area contributed by atoms with Crippen LogP contribution in [0, 0.1) is 0 Å². The third-order valence-electron chi connectivity index (χ3n) is 1.86. The molecule has 0 fully saturated rings. The van der Waals surface area contributed by atoms with Gasteiger partial charge in [-0.3, -0.25) is 0 Å². The highest BCUT2D eigenvalue weighted by Gasteiger charge is 2.00. The Morgan fingerprint density at radius 2 is 2.00 bits per heavy atom. The highest BCUT2D eigenvalue weighted by Crippen LogP contribution is 1.91. The smallest absolute Gasteiger partial charge is 0.316 e. The van der Waals surface area contributed by atoms with E-state index in [0.717, 1.165) is 19.5 Å². The SMILES string of the molecule is C=C(CC)CNCCNC(=O)N(C)C. The molecule has 14 heavy (non-hydrogen) atoms. The highest BCUT2D eigenvalue weighted by molar-refractivity contribution is 5.73. The molecule has 4 heteroatoms. The molecule has 82 valence electrons. The third kappa shape index (κ3) is 6.48. The van der Waals surface area contributed by atoms with Crippen LogP contribution in [0.25, 0.3) is 0 Å². The van der Waals surface area contributed by atoms with Crippen molar-refractivity contribution in [2.75, 3.05) is 33.7 Å². The summed E-state index contributed by atoms with van der Waals surface area (Å²) in [7, 11) is 3.45. The van der Waals surface area contributed by atoms with Crippen LogP contribution in [0.15, 0.2) is 12.2 Å². The van der Waals surface area contributed by atoms with Crippen LogP contribution in [0.5, 0.6) is 0 Å². The van der Waals surface area contributed by atoms with Crippen LogP contribution in [0.2, 0.25) is 0 Å². The topological polar surface area (TPSA) is 44.4 Å². The molecule has 0 bridgehead atoms. The lowest BCUT2D eigenvalue weighted by Gasteiger charge is -2.12. The van der Waals surface area contributed by atoms with Crippen molar-refractivity contribution >= 4 is 6.03 Å². The molecule has 0 saturated heterocycles. The summed E-state index contributed by atoms with van der Waals surface area (Å²) in [5, 5.41) is 5.97. The van der Waals surface area contributed by atoms with Crippen LogP contribution in [0.1, 0.15) is 13.3 Å². The van der Waals surface area contributed by atoms with Gasteiger partial charge < -0.3 is 15.5 Å². The molecule has 0 unspecified atom stereocenters. The standard InChI is InChI=1S/C10H21N3O/c1-5-9(2)8-11-6-7-12-10(14)13(3)4/h11H,2,5-8H2,1,3-4H3,(H,12,14). The van der Waals surface area contributed by atoms with Crippen molar-refractivity contribution in [2.45, 2.75) is 13.3 Å². The Hall–Kier alpha value is -1.03. The molecule has 2 amide bonds. The van der Waals surface area contributed by atoms with E-state index < -0.39 is 0 Å². The molecule has 0 aromatic heterocycles. The van der Waals surface area contributed by atoms with E-state index in [2.05, 4.69) is 24.1 Å². The van der Waals surface area contributed by atoms with Crippen molar-refractivity contribution in [2.24, 2.45) is 0 Å². The van der Waals surface area contributed by atoms with Crippen LogP contribution < -0.4 is 10.6 Å². The van der Waals surface area contributed by atoms with Gasteiger partial charge in [0.1, 0.15) is 0 Å². The van der Waals surface area contributed by atoms with Crippen molar-refractivity contribution in [3.63, 3.8) is 0 Å². The Bertz CT molecular complexity index is 190. The van der Waals surface area contributed by atoms with Crippen molar-refractivity contribution in [1.29, 1.82) is 0 Å². The van der Waals surface area contributed by atoms with Gasteiger partial charge in [0.25, 0.3) is 0 Å². The zero-order chi connectivity index (χ0) is 11.0. The number of carbonyl (C=O) groups is 1. The van der Waals surface area contributed by atoms with Crippen LogP contribution in [0.4, 0.5) is 4.79 Å². The average molecular weight is 199 g/mol. The summed E-state index contributed by atoms with van der Waals surface area (Å²) in [6.07, 6.45) is 0.997. The predicted molar refractivity (Wildman–Crippen MR) is 59.4 cm³/mol. The van der Waals surface area contributed by atoms with E-state index in [1.54, 1.807) is 14.1 Å². The molecular weight excluding hydrogens is 178 g/mol. The molecule has 0 aliphatic carbocycles. The maximum absolute atomic E-state index is 11.1. The maximum Gasteiger partial charge on any atom is 0.316 e. The summed E-state index contributed by atoms with van der Waals surface area (Å²) >= 11 is 0. The highest BCUT2D eigenvalue weighted by atomic mass is 16.2. The van der Waals surface area contributed by atoms with Gasteiger partial charge in [-0.15, -0.1) is 0 Å². The summed E-state index contributed by atoms with van der Waals surface area (Å²) in [6, 6.07) is -0.0545. The van der Waals surface area contributed by atoms with Gasteiger partial charge in [0.15, 0.2) is 0 Å². The maximum atomic E-state index is 11.1. The first-order valence-electron chi connectivity index (χ1n) is 4.90. The fraction of sp³-hybridized carbons (Fsp3) is 0.700. The summed E-state index contributed by atoms with van der Waals surface area (Å²) in [6.45, 7) is 8.21. The summed E-state index contributed by atoms with van der Waals surface area (Å²) in [5.41, 5.74) is 1.18. The van der Waals surface area contributed by atoms with Crippen LogP contribution in [-0.2, 0) is 0 Å². The molecule has 0 radical (unpaired) electrons. The van der Waals surface area contributed by atoms with Crippen LogP contribution in [0.3, 0.4) is 0 Å². The Kier molecular flexibility index (Phi) is 6.84. The third-order valence-corrected chi connectivity index (χ3v) is 1.86. The number of hydrogen-bond donors (Lipinski definition) is 2. The van der Waals surface area contributed by atoms with E-state index in [9.17, 15) is 4.79 Å². The van der Waals surface area contributed by atoms with Crippen LogP contribution >= 0.6 is 0 Å². The van der Waals surface area contributed by atoms with E-state index in [1.807, 2.05) is 0 Å². The van der Waals surface area contributed by atoms with Gasteiger partial charge in [0.2, 0.25) is 0 Å². The first kappa shape index (κ1) is 13.0. The fourth-order valence-electron chi connectivity index (χ4n) is 0.806. The molecule has 0 saturated carbocycles. The first-order valence-corrected chi connectivity index (χ1v) is 4.90. The van der Waals surface area contributed by atoms with Gasteiger partial charge in [-0.2, -0.15) is 0 Å². The minimum Gasteiger partial charge on any atom is -0.337 e. The number of amides is 2. The Morgan fingerprint density at radius 3 is 2.50 bits per heavy atom. The average Bonchev–Trinajstić information content (AvgIpc) is 2.16. The monoisotopic (exact) mass is 199 g/mol. The predicted octanol–water partition coefficient (Wildman–Crippen LogP) is 0.813. The number of hydrogen-bond acceptors (Lipinski definition) is 2. The van der Waals surface area contributed by atoms with E-state index in [1.165, 1.54) is 10.5 Å². The van der Waals surface area contributed by atoms with Gasteiger partial charge in [-0.05, 0) is 6.42 Å². The number of carbonyl (C=O) groups excluding carboxylic acids is 1. The quantitative estimate of drug-likeness (QED) is 0.491. The zero-order valence-electron chi connectivity index (χ0n) is 9.39. The van der Waals surface area contributed by atoms with Crippen LogP contribution in [-0.4, -0.2) is 44.7 Å². The molecule has 0 aliphatic heterocycles. The molecule has 0 atom stereocenters. The summed E-state index contributed by atoms with van der Waals surface area (Å²) in [4.78, 5) is 12.6. The number of rotatable bonds is 6. The van der Waals surface area contributed by atoms with Crippen molar-refractivity contribution < 1.29 is 4.79 Å². The largest absolute Gasteiger partial charge is 0.337 e. The second-order valence-electron chi connectivity index (χ2n) is 3.41. The molecule has 0 spiro atoms. The molecular formula is C10H21N3O. The number of nitrogens with one attached hydrogen (secondary N) is 2. The van der Waals surface area contributed by atoms with Gasteiger partial charge in [-0.1, -0.05) is 19.1 Å². The van der Waals surface area contributed by atoms with Crippen molar-refractivity contribution in [1.82, 2.24) is 15.5 Å². The van der Waals surface area contributed by atoms with Gasteiger partial charge in [0.05, 0.1) is 0 Å². The second kappa shape index (κ2) is 7.38. The van der Waals surface area contributed by atoms with Crippen molar-refractivity contribution in [3.05, 3.63) is 12.2 Å². The van der Waals surface area contributed by atoms with E-state index in [-0.39, 0.29) is 6.03 Å². The summed E-state index contributed by atoms with van der Waals surface area (Å²) in [5.74, 6) is 0. The minimum atomic E-state index is -0.0545. The molecule has 0 aromatic rings.